The van der Waals surface area contributed by atoms with Gasteiger partial charge in [-0.05, 0) is 37.0 Å². The molecule has 0 saturated carbocycles. The molecule has 1 atom stereocenters. The van der Waals surface area contributed by atoms with Crippen LogP contribution in [0.1, 0.15) is 24.0 Å². The van der Waals surface area contributed by atoms with Gasteiger partial charge in [-0.2, -0.15) is 0 Å². The van der Waals surface area contributed by atoms with E-state index in [2.05, 4.69) is 20.3 Å². The fraction of sp³-hybridized carbons (Fsp3) is 0.250. The van der Waals surface area contributed by atoms with E-state index in [1.807, 2.05) is 35.2 Å². The Kier molecular flexibility index (Phi) is 5.63. The quantitative estimate of drug-likeness (QED) is 0.470. The van der Waals surface area contributed by atoms with Crippen molar-refractivity contribution >= 4 is 32.7 Å². The highest BCUT2D eigenvalue weighted by molar-refractivity contribution is 7.21. The summed E-state index contributed by atoms with van der Waals surface area (Å²) >= 11 is 1.24. The normalized spacial score (nSPS) is 15.8. The molecular weight excluding hydrogens is 441 g/mol. The molecule has 1 aliphatic rings. The maximum absolute atomic E-state index is 14.6. The number of nitrogens with zero attached hydrogens (tertiary/aromatic N) is 3. The molecule has 9 heteroatoms. The number of aromatic nitrogens is 3. The summed E-state index contributed by atoms with van der Waals surface area (Å²) in [6.07, 6.45) is 1.56. The van der Waals surface area contributed by atoms with Crippen LogP contribution in [0, 0.1) is 12.7 Å². The summed E-state index contributed by atoms with van der Waals surface area (Å²) in [7, 11) is 0. The smallest absolute Gasteiger partial charge is 0.278 e. The molecule has 1 aliphatic heterocycles. The molecule has 0 aliphatic carbocycles. The lowest BCUT2D eigenvalue weighted by molar-refractivity contribution is -0.122. The molecule has 0 radical (unpaired) electrons. The van der Waals surface area contributed by atoms with Gasteiger partial charge in [0.05, 0.1) is 5.56 Å². The van der Waals surface area contributed by atoms with E-state index >= 15 is 0 Å². The van der Waals surface area contributed by atoms with Crippen molar-refractivity contribution in [3.8, 4) is 11.4 Å². The second kappa shape index (κ2) is 8.74. The molecule has 1 saturated heterocycles. The Labute approximate surface area is 193 Å². The van der Waals surface area contributed by atoms with Crippen molar-refractivity contribution in [2.24, 2.45) is 0 Å². The van der Waals surface area contributed by atoms with Crippen LogP contribution in [0.5, 0.6) is 0 Å². The van der Waals surface area contributed by atoms with E-state index in [1.54, 1.807) is 25.1 Å². The van der Waals surface area contributed by atoms with Crippen molar-refractivity contribution < 1.29 is 9.18 Å². The van der Waals surface area contributed by atoms with Crippen LogP contribution in [-0.2, 0) is 11.3 Å². The van der Waals surface area contributed by atoms with Crippen LogP contribution in [-0.4, -0.2) is 33.4 Å². The highest BCUT2D eigenvalue weighted by Crippen LogP contribution is 2.32. The first kappa shape index (κ1) is 21.3. The highest BCUT2D eigenvalue weighted by Gasteiger charge is 2.33. The third-order valence-electron chi connectivity index (χ3n) is 5.82. The number of carbonyl (C=O) groups is 1. The van der Waals surface area contributed by atoms with E-state index in [4.69, 9.17) is 0 Å². The van der Waals surface area contributed by atoms with Gasteiger partial charge in [0.15, 0.2) is 15.5 Å². The third kappa shape index (κ3) is 4.11. The number of amides is 1. The zero-order chi connectivity index (χ0) is 22.9. The molecule has 0 bridgehead atoms. The van der Waals surface area contributed by atoms with Crippen molar-refractivity contribution in [3.63, 3.8) is 0 Å². The van der Waals surface area contributed by atoms with E-state index in [1.165, 1.54) is 11.3 Å². The number of hydrogen-bond donors (Lipinski definition) is 2. The van der Waals surface area contributed by atoms with Crippen LogP contribution >= 0.6 is 11.3 Å². The summed E-state index contributed by atoms with van der Waals surface area (Å²) in [5, 5.41) is 3.57. The van der Waals surface area contributed by atoms with Gasteiger partial charge in [0, 0.05) is 13.1 Å². The van der Waals surface area contributed by atoms with E-state index in [-0.39, 0.29) is 28.9 Å². The number of aromatic amines is 1. The molecule has 4 aromatic rings. The topological polar surface area (TPSA) is 91.0 Å². The number of hydrogen-bond acceptors (Lipinski definition) is 6. The number of carbonyl (C=O) groups excluding carboxylic acids is 1. The van der Waals surface area contributed by atoms with Gasteiger partial charge in [-0.3, -0.25) is 9.59 Å². The molecule has 33 heavy (non-hydrogen) atoms. The first-order chi connectivity index (χ1) is 16.0. The van der Waals surface area contributed by atoms with Crippen LogP contribution in [0.4, 0.5) is 9.52 Å². The lowest BCUT2D eigenvalue weighted by Gasteiger charge is -2.23. The van der Waals surface area contributed by atoms with Gasteiger partial charge in [-0.15, -0.1) is 0 Å². The number of thiazole rings is 1. The number of H-pyrrole nitrogens is 1. The number of aryl methyl sites for hydroxylation is 1. The van der Waals surface area contributed by atoms with Crippen molar-refractivity contribution in [2.45, 2.75) is 32.4 Å². The third-order valence-corrected chi connectivity index (χ3v) is 6.80. The highest BCUT2D eigenvalue weighted by atomic mass is 32.1. The second-order valence-corrected chi connectivity index (χ2v) is 9.01. The first-order valence-corrected chi connectivity index (χ1v) is 11.6. The Morgan fingerprint density at radius 3 is 2.85 bits per heavy atom. The van der Waals surface area contributed by atoms with Gasteiger partial charge in [0.1, 0.15) is 17.7 Å². The molecular formula is C24H22FN5O2S. The van der Waals surface area contributed by atoms with Crippen molar-refractivity contribution in [1.82, 2.24) is 20.3 Å². The van der Waals surface area contributed by atoms with Crippen molar-refractivity contribution in [2.75, 3.05) is 11.4 Å². The Hall–Kier alpha value is -3.59. The molecule has 2 aromatic heterocycles. The monoisotopic (exact) mass is 463 g/mol. The zero-order valence-corrected chi connectivity index (χ0v) is 18.8. The standard InChI is InChI=1S/C24H22FN5O2S/c1-14-7-5-10-16(18(14)25)20-28-22(32)19-23(29-20)33-24(27-19)30-12-6-11-17(30)21(31)26-13-15-8-3-2-4-9-15/h2-5,7-10,17H,6,11-13H2,1H3,(H,26,31)(H,28,29,32). The maximum Gasteiger partial charge on any atom is 0.278 e. The number of halogens is 1. The number of nitrogens with one attached hydrogen (secondary N) is 2. The maximum atomic E-state index is 14.6. The summed E-state index contributed by atoms with van der Waals surface area (Å²) in [6, 6.07) is 14.3. The van der Waals surface area contributed by atoms with Gasteiger partial charge < -0.3 is 15.2 Å². The number of fused-ring (bicyclic) bond motifs is 1. The number of anilines is 1. The van der Waals surface area contributed by atoms with E-state index in [0.29, 0.717) is 35.0 Å². The average molecular weight is 464 g/mol. The minimum absolute atomic E-state index is 0.0694. The Morgan fingerprint density at radius 1 is 1.21 bits per heavy atom. The van der Waals surface area contributed by atoms with Crippen LogP contribution in [0.15, 0.2) is 53.3 Å². The molecule has 5 rings (SSSR count). The predicted octanol–water partition coefficient (Wildman–Crippen LogP) is 3.78. The van der Waals surface area contributed by atoms with Crippen molar-refractivity contribution in [1.29, 1.82) is 0 Å². The fourth-order valence-electron chi connectivity index (χ4n) is 4.07. The summed E-state index contributed by atoms with van der Waals surface area (Å²) in [5.41, 5.74) is 1.51. The molecule has 2 aromatic carbocycles. The van der Waals surface area contributed by atoms with E-state index in [9.17, 15) is 14.0 Å². The molecule has 1 fully saturated rings. The van der Waals surface area contributed by atoms with Crippen LogP contribution in [0.25, 0.3) is 21.7 Å². The lowest BCUT2D eigenvalue weighted by Crippen LogP contribution is -2.43. The lowest BCUT2D eigenvalue weighted by atomic mass is 10.1. The van der Waals surface area contributed by atoms with Crippen molar-refractivity contribution in [3.05, 3.63) is 75.8 Å². The molecule has 7 nitrogen and oxygen atoms in total. The summed E-state index contributed by atoms with van der Waals surface area (Å²) in [5.74, 6) is -0.318. The fourth-order valence-corrected chi connectivity index (χ4v) is 5.09. The van der Waals surface area contributed by atoms with Gasteiger partial charge in [0.2, 0.25) is 5.91 Å². The Bertz CT molecular complexity index is 1380. The summed E-state index contributed by atoms with van der Waals surface area (Å²) < 4.78 is 14.6. The second-order valence-electron chi connectivity index (χ2n) is 8.06. The molecule has 3 heterocycles. The van der Waals surface area contributed by atoms with Gasteiger partial charge >= 0.3 is 0 Å². The molecule has 168 valence electrons. The SMILES string of the molecule is Cc1cccc(-c2nc3sc(N4CCCC4C(=O)NCc4ccccc4)nc3c(=O)[nH]2)c1F. The van der Waals surface area contributed by atoms with Gasteiger partial charge in [-0.25, -0.2) is 14.4 Å². The Morgan fingerprint density at radius 2 is 2.03 bits per heavy atom. The van der Waals surface area contributed by atoms with E-state index < -0.39 is 11.4 Å². The molecule has 0 spiro atoms. The molecule has 1 amide bonds. The van der Waals surface area contributed by atoms with Crippen LogP contribution < -0.4 is 15.8 Å². The van der Waals surface area contributed by atoms with Gasteiger partial charge in [0.25, 0.3) is 5.56 Å². The minimum atomic E-state index is -0.428. The Balaban J connectivity index is 1.42. The minimum Gasteiger partial charge on any atom is -0.350 e. The average Bonchev–Trinajstić information content (AvgIpc) is 3.47. The summed E-state index contributed by atoms with van der Waals surface area (Å²) in [4.78, 5) is 39.6. The summed E-state index contributed by atoms with van der Waals surface area (Å²) in [6.45, 7) is 2.79. The molecule has 1 unspecified atom stereocenters. The first-order valence-electron chi connectivity index (χ1n) is 10.8. The van der Waals surface area contributed by atoms with Crippen LogP contribution in [0.2, 0.25) is 0 Å². The number of rotatable bonds is 5. The van der Waals surface area contributed by atoms with Crippen LogP contribution in [0.3, 0.4) is 0 Å². The zero-order valence-electron chi connectivity index (χ0n) is 18.0. The van der Waals surface area contributed by atoms with E-state index in [0.717, 1.165) is 12.0 Å². The predicted molar refractivity (Wildman–Crippen MR) is 127 cm³/mol. The number of benzene rings is 2. The van der Waals surface area contributed by atoms with Gasteiger partial charge in [-0.1, -0.05) is 53.8 Å². The largest absolute Gasteiger partial charge is 0.350 e. The molecule has 2 N–H and O–H groups in total.